The second-order valence-electron chi connectivity index (χ2n) is 13.0. The van der Waals surface area contributed by atoms with Gasteiger partial charge in [-0.3, -0.25) is 29.0 Å². The van der Waals surface area contributed by atoms with Gasteiger partial charge in [-0.15, -0.1) is 0 Å². The van der Waals surface area contributed by atoms with Crippen molar-refractivity contribution >= 4 is 98.6 Å². The van der Waals surface area contributed by atoms with E-state index in [1.165, 1.54) is 17.0 Å². The van der Waals surface area contributed by atoms with Crippen LogP contribution >= 0.6 is 31.9 Å². The first-order chi connectivity index (χ1) is 24.3. The predicted molar refractivity (Wildman–Crippen MR) is 194 cm³/mol. The molecule has 7 aromatic rings. The molecule has 0 radical (unpaired) electrons. The van der Waals surface area contributed by atoms with Gasteiger partial charge < -0.3 is 0 Å². The predicted octanol–water partition coefficient (Wildman–Crippen LogP) is 10.2. The normalized spacial score (nSPS) is 14.7. The van der Waals surface area contributed by atoms with Crippen LogP contribution in [0.1, 0.15) is 63.7 Å². The molecule has 0 aliphatic carbocycles. The topological polar surface area (TPSA) is 74.8 Å². The van der Waals surface area contributed by atoms with Crippen LogP contribution in [-0.4, -0.2) is 33.4 Å². The Bertz CT molecular complexity index is 2620. The largest absolute Gasteiger partial charge is 0.416 e. The highest BCUT2D eigenvalue weighted by Gasteiger charge is 2.38. The molecule has 7 aromatic carbocycles. The van der Waals surface area contributed by atoms with Crippen LogP contribution in [0.5, 0.6) is 0 Å². The van der Waals surface area contributed by atoms with E-state index in [2.05, 4.69) is 31.9 Å². The fourth-order valence-corrected chi connectivity index (χ4v) is 8.90. The van der Waals surface area contributed by atoms with E-state index in [0.717, 1.165) is 44.3 Å². The van der Waals surface area contributed by atoms with Crippen molar-refractivity contribution in [1.29, 1.82) is 0 Å². The molecule has 11 heteroatoms. The Morgan fingerprint density at radius 2 is 0.922 bits per heavy atom. The molecule has 0 fully saturated rings. The van der Waals surface area contributed by atoms with E-state index in [1.54, 1.807) is 24.3 Å². The minimum absolute atomic E-state index is 0.130. The minimum atomic E-state index is -4.51. The average Bonchev–Trinajstić information content (AvgIpc) is 3.10. The van der Waals surface area contributed by atoms with Crippen molar-refractivity contribution in [2.75, 3.05) is 0 Å². The fourth-order valence-electron chi connectivity index (χ4n) is 7.61. The summed E-state index contributed by atoms with van der Waals surface area (Å²) in [5.41, 5.74) is 2.79. The molecule has 0 saturated heterocycles. The van der Waals surface area contributed by atoms with Crippen LogP contribution in [0.3, 0.4) is 0 Å². The summed E-state index contributed by atoms with van der Waals surface area (Å²) in [5, 5.41) is 5.28. The molecule has 2 heterocycles. The molecular weight excluding hydrogens is 789 g/mol. The van der Waals surface area contributed by atoms with Crippen molar-refractivity contribution in [3.8, 4) is 0 Å². The molecule has 0 unspecified atom stereocenters. The van der Waals surface area contributed by atoms with E-state index in [-0.39, 0.29) is 24.2 Å². The maximum Gasteiger partial charge on any atom is 0.416 e. The summed E-state index contributed by atoms with van der Waals surface area (Å²) < 4.78 is 40.6. The lowest BCUT2D eigenvalue weighted by Gasteiger charge is -2.31. The van der Waals surface area contributed by atoms with Crippen molar-refractivity contribution in [3.63, 3.8) is 0 Å². The third kappa shape index (κ3) is 4.53. The quantitative estimate of drug-likeness (QED) is 0.101. The molecule has 2 aliphatic rings. The van der Waals surface area contributed by atoms with E-state index in [1.807, 2.05) is 43.3 Å². The third-order valence-corrected chi connectivity index (χ3v) is 11.2. The smallest absolute Gasteiger partial charge is 0.270 e. The zero-order valence-corrected chi connectivity index (χ0v) is 29.6. The number of hydrogen-bond donors (Lipinski definition) is 0. The van der Waals surface area contributed by atoms with E-state index in [4.69, 9.17) is 0 Å². The standard InChI is InChI=1S/C40H21Br2F3N2O4/c1-18-2-4-19(5-3-18)16-46-36(48)24-12-10-22-30-23(11-13-25(31(24)30)37(46)49)34-29(42)15-27-32-26(14-28(41)33(22)35(32)34)38(50)47(39(27)51)17-20-6-8-21(9-7-20)40(43,44)45/h2-15H,16-17H2,1H3. The highest BCUT2D eigenvalue weighted by atomic mass is 79.9. The van der Waals surface area contributed by atoms with Gasteiger partial charge in [0.1, 0.15) is 0 Å². The fraction of sp³-hybridized carbons (Fsp3) is 0.100. The molecule has 0 saturated carbocycles. The van der Waals surface area contributed by atoms with Crippen molar-refractivity contribution in [1.82, 2.24) is 9.80 Å². The lowest BCUT2D eigenvalue weighted by molar-refractivity contribution is -0.137. The van der Waals surface area contributed by atoms with Gasteiger partial charge in [0.15, 0.2) is 0 Å². The van der Waals surface area contributed by atoms with Crippen molar-refractivity contribution < 1.29 is 32.3 Å². The molecule has 0 spiro atoms. The van der Waals surface area contributed by atoms with Crippen LogP contribution in [0, 0.1) is 6.92 Å². The Hall–Kier alpha value is -5.13. The van der Waals surface area contributed by atoms with Crippen LogP contribution < -0.4 is 0 Å². The van der Waals surface area contributed by atoms with Gasteiger partial charge in [0.2, 0.25) is 0 Å². The van der Waals surface area contributed by atoms with Crippen molar-refractivity contribution in [2.45, 2.75) is 26.2 Å². The zero-order valence-electron chi connectivity index (χ0n) is 26.4. The number of halogens is 5. The molecule has 0 aromatic heterocycles. The molecule has 0 atom stereocenters. The SMILES string of the molecule is Cc1ccc(CN2C(=O)c3ccc4c5c(Br)cc6c7c(cc(Br)c(c8ccc(c3c48)C2=O)c75)C(=O)N(Cc2ccc(C(F)(F)F)cc2)C6=O)cc1. The maximum atomic E-state index is 14.0. The number of carbonyl (C=O) groups is 4. The van der Waals surface area contributed by atoms with Crippen LogP contribution in [0.4, 0.5) is 13.2 Å². The van der Waals surface area contributed by atoms with Crippen molar-refractivity contribution in [2.24, 2.45) is 0 Å². The first kappa shape index (κ1) is 31.8. The molecule has 6 nitrogen and oxygen atoms in total. The summed E-state index contributed by atoms with van der Waals surface area (Å²) in [5.74, 6) is -1.94. The molecule has 51 heavy (non-hydrogen) atoms. The van der Waals surface area contributed by atoms with E-state index >= 15 is 0 Å². The number of amides is 4. The van der Waals surface area contributed by atoms with Gasteiger partial charge in [-0.05, 0) is 70.6 Å². The Morgan fingerprint density at radius 3 is 1.37 bits per heavy atom. The molecule has 2 aliphatic heterocycles. The number of aryl methyl sites for hydroxylation is 1. The molecule has 250 valence electrons. The highest BCUT2D eigenvalue weighted by molar-refractivity contribution is 9.11. The summed E-state index contributed by atoms with van der Waals surface area (Å²) in [6.07, 6.45) is -4.51. The number of imide groups is 2. The van der Waals surface area contributed by atoms with Gasteiger partial charge in [-0.2, -0.15) is 13.2 Å². The number of carbonyl (C=O) groups excluding carboxylic acids is 4. The van der Waals surface area contributed by atoms with E-state index < -0.39 is 35.4 Å². The first-order valence-corrected chi connectivity index (χ1v) is 17.5. The monoisotopic (exact) mass is 808 g/mol. The number of rotatable bonds is 4. The Labute approximate surface area is 304 Å². The van der Waals surface area contributed by atoms with Gasteiger partial charge in [0.25, 0.3) is 23.6 Å². The van der Waals surface area contributed by atoms with Gasteiger partial charge in [0.05, 0.1) is 18.7 Å². The second-order valence-corrected chi connectivity index (χ2v) is 14.7. The summed E-state index contributed by atoms with van der Waals surface area (Å²) >= 11 is 7.41. The first-order valence-electron chi connectivity index (χ1n) is 15.9. The Kier molecular flexibility index (Phi) is 6.82. The summed E-state index contributed by atoms with van der Waals surface area (Å²) in [4.78, 5) is 58.3. The highest BCUT2D eigenvalue weighted by Crippen LogP contribution is 2.50. The summed E-state index contributed by atoms with van der Waals surface area (Å²) in [7, 11) is 0. The molecule has 4 amide bonds. The number of alkyl halides is 3. The van der Waals surface area contributed by atoms with Gasteiger partial charge in [0, 0.05) is 58.1 Å². The molecule has 0 bridgehead atoms. The Balaban J connectivity index is 1.22. The number of fused-ring (bicyclic) bond motifs is 2. The molecule has 0 N–H and O–H groups in total. The number of benzene rings is 7. The van der Waals surface area contributed by atoms with Crippen molar-refractivity contribution in [3.05, 3.63) is 138 Å². The van der Waals surface area contributed by atoms with Gasteiger partial charge >= 0.3 is 6.18 Å². The van der Waals surface area contributed by atoms with Crippen LogP contribution in [0.15, 0.2) is 93.9 Å². The van der Waals surface area contributed by atoms with Crippen LogP contribution in [0.25, 0.3) is 43.1 Å². The summed E-state index contributed by atoms with van der Waals surface area (Å²) in [6.45, 7) is 1.88. The molecular formula is C40H21Br2F3N2O4. The third-order valence-electron chi connectivity index (χ3n) is 9.99. The second kappa shape index (κ2) is 10.9. The lowest BCUT2D eigenvalue weighted by atomic mass is 9.82. The minimum Gasteiger partial charge on any atom is -0.270 e. The Morgan fingerprint density at radius 1 is 0.510 bits per heavy atom. The number of hydrogen-bond acceptors (Lipinski definition) is 4. The maximum absolute atomic E-state index is 14.0. The number of nitrogens with zero attached hydrogens (tertiary/aromatic N) is 2. The zero-order chi connectivity index (χ0) is 35.7. The van der Waals surface area contributed by atoms with E-state index in [9.17, 15) is 32.3 Å². The summed E-state index contributed by atoms with van der Waals surface area (Å²) in [6, 6.07) is 22.5. The van der Waals surface area contributed by atoms with Gasteiger partial charge in [-0.1, -0.05) is 86.0 Å². The van der Waals surface area contributed by atoms with Gasteiger partial charge in [-0.25, -0.2) is 0 Å². The van der Waals surface area contributed by atoms with Crippen LogP contribution in [0.2, 0.25) is 0 Å². The molecule has 9 rings (SSSR count). The lowest BCUT2D eigenvalue weighted by Crippen LogP contribution is -2.40. The average molecular weight is 810 g/mol. The van der Waals surface area contributed by atoms with E-state index in [0.29, 0.717) is 52.6 Å². The van der Waals surface area contributed by atoms with Crippen LogP contribution in [-0.2, 0) is 19.3 Å².